The first-order chi connectivity index (χ1) is 27.1. The Balaban J connectivity index is 1.02. The molecule has 16 nitrogen and oxygen atoms in total. The second kappa shape index (κ2) is 19.1. The van der Waals surface area contributed by atoms with Gasteiger partial charge in [0.05, 0.1) is 32.5 Å². The van der Waals surface area contributed by atoms with Crippen molar-refractivity contribution in [2.24, 2.45) is 28.6 Å². The molecule has 0 aromatic carbocycles. The summed E-state index contributed by atoms with van der Waals surface area (Å²) in [6, 6.07) is 0. The maximum atomic E-state index is 14.2. The van der Waals surface area contributed by atoms with Crippen molar-refractivity contribution in [3.8, 4) is 0 Å². The number of ketones is 2. The zero-order chi connectivity index (χ0) is 41.4. The number of Topliss-reactive ketones (excluding diaryl/α,β-unsaturated/α-hetero) is 1. The van der Waals surface area contributed by atoms with Gasteiger partial charge in [0.25, 0.3) is 11.8 Å². The minimum Gasteiger partial charge on any atom is -0.456 e. The molecular formula is C41H57N3O13. The van der Waals surface area contributed by atoms with E-state index in [1.165, 1.54) is 0 Å². The summed E-state index contributed by atoms with van der Waals surface area (Å²) in [4.78, 5) is 87.4. The van der Waals surface area contributed by atoms with Gasteiger partial charge in [0.15, 0.2) is 18.7 Å². The number of hydrogen-bond acceptors (Lipinski definition) is 13. The summed E-state index contributed by atoms with van der Waals surface area (Å²) in [5, 5.41) is 27.8. The summed E-state index contributed by atoms with van der Waals surface area (Å²) < 4.78 is 22.5. The van der Waals surface area contributed by atoms with Gasteiger partial charge in [-0.15, -0.1) is 0 Å². The number of carbonyl (C=O) groups is 7. The Morgan fingerprint density at radius 3 is 2.37 bits per heavy atom. The smallest absolute Gasteiger partial charge is 0.325 e. The molecule has 1 heterocycles. The molecule has 0 saturated heterocycles. The zero-order valence-electron chi connectivity index (χ0n) is 33.1. The summed E-state index contributed by atoms with van der Waals surface area (Å²) in [5.74, 6) is -3.19. The normalized spacial score (nSPS) is 30.6. The molecule has 3 fully saturated rings. The highest BCUT2D eigenvalue weighted by Gasteiger charge is 2.69. The molecular weight excluding hydrogens is 742 g/mol. The molecule has 5 aliphatic rings. The number of aliphatic hydroxyl groups is 2. The lowest BCUT2D eigenvalue weighted by Crippen LogP contribution is -2.63. The SMILES string of the molecule is CCC[C@H](O)O[C@]1(C(=O)COC(=O)CNC(=O)CCOCCOCCNC(=O)CCN2C(=O)C=CC2=O)CC[C@H]2[C@@H]3CCC4=CC(=O)C=C[C@]4(C)[C@H]3[C@@H](O)C[C@@]21C. The van der Waals surface area contributed by atoms with E-state index in [1.54, 1.807) is 12.2 Å². The Bertz CT molecular complexity index is 1640. The molecule has 0 radical (unpaired) electrons. The monoisotopic (exact) mass is 799 g/mol. The van der Waals surface area contributed by atoms with Crippen LogP contribution in [0.4, 0.5) is 0 Å². The number of imide groups is 1. The van der Waals surface area contributed by atoms with Crippen LogP contribution in [-0.2, 0) is 52.5 Å². The Hall–Kier alpha value is -4.09. The molecule has 5 rings (SSSR count). The Morgan fingerprint density at radius 2 is 1.65 bits per heavy atom. The van der Waals surface area contributed by atoms with Crippen molar-refractivity contribution in [1.82, 2.24) is 15.5 Å². The first kappa shape index (κ1) is 44.0. The summed E-state index contributed by atoms with van der Waals surface area (Å²) in [5.41, 5.74) is -1.85. The van der Waals surface area contributed by atoms with Gasteiger partial charge in [-0.05, 0) is 62.5 Å². The minimum atomic E-state index is -1.51. The number of aliphatic hydroxyl groups excluding tert-OH is 2. The third-order valence-corrected chi connectivity index (χ3v) is 12.6. The topological polar surface area (TPSA) is 224 Å². The number of ether oxygens (including phenoxy) is 4. The largest absolute Gasteiger partial charge is 0.456 e. The molecule has 0 unspecified atom stereocenters. The molecule has 8 atom stereocenters. The first-order valence-corrected chi connectivity index (χ1v) is 20.0. The van der Waals surface area contributed by atoms with Crippen LogP contribution in [0, 0.1) is 28.6 Å². The number of esters is 1. The lowest BCUT2D eigenvalue weighted by Gasteiger charge is -2.60. The highest BCUT2D eigenvalue weighted by atomic mass is 16.6. The van der Waals surface area contributed by atoms with Gasteiger partial charge in [0.2, 0.25) is 17.6 Å². The number of hydrogen-bond donors (Lipinski definition) is 4. The third kappa shape index (κ3) is 9.79. The second-order valence-corrected chi connectivity index (χ2v) is 16.0. The average Bonchev–Trinajstić information content (AvgIpc) is 3.65. The van der Waals surface area contributed by atoms with E-state index >= 15 is 0 Å². The molecule has 4 amide bonds. The predicted octanol–water partition coefficient (Wildman–Crippen LogP) is 1.22. The van der Waals surface area contributed by atoms with Gasteiger partial charge in [-0.3, -0.25) is 38.5 Å². The predicted molar refractivity (Wildman–Crippen MR) is 201 cm³/mol. The second-order valence-electron chi connectivity index (χ2n) is 16.0. The first-order valence-electron chi connectivity index (χ1n) is 20.0. The van der Waals surface area contributed by atoms with Crippen LogP contribution in [0.2, 0.25) is 0 Å². The zero-order valence-corrected chi connectivity index (χ0v) is 33.1. The van der Waals surface area contributed by atoms with Crippen molar-refractivity contribution in [2.45, 2.75) is 96.6 Å². The number of nitrogens with one attached hydrogen (secondary N) is 2. The number of nitrogens with zero attached hydrogens (tertiary/aromatic N) is 1. The van der Waals surface area contributed by atoms with Crippen LogP contribution in [-0.4, -0.2) is 127 Å². The maximum Gasteiger partial charge on any atom is 0.325 e. The van der Waals surface area contributed by atoms with Crippen molar-refractivity contribution in [3.05, 3.63) is 36.0 Å². The number of rotatable bonds is 21. The highest BCUT2D eigenvalue weighted by Crippen LogP contribution is 2.68. The lowest BCUT2D eigenvalue weighted by atomic mass is 9.46. The van der Waals surface area contributed by atoms with Gasteiger partial charge in [0.1, 0.15) is 12.1 Å². The Kier molecular flexibility index (Phi) is 14.8. The van der Waals surface area contributed by atoms with Crippen LogP contribution in [0.15, 0.2) is 36.0 Å². The van der Waals surface area contributed by atoms with E-state index < -0.39 is 71.5 Å². The van der Waals surface area contributed by atoms with Crippen molar-refractivity contribution in [3.63, 3.8) is 0 Å². The molecule has 0 aromatic heterocycles. The molecule has 314 valence electrons. The maximum absolute atomic E-state index is 14.2. The fourth-order valence-electron chi connectivity index (χ4n) is 9.84. The van der Waals surface area contributed by atoms with Crippen molar-refractivity contribution >= 4 is 41.2 Å². The Morgan fingerprint density at radius 1 is 0.947 bits per heavy atom. The Labute approximate surface area is 332 Å². The van der Waals surface area contributed by atoms with Crippen molar-refractivity contribution < 1.29 is 62.7 Å². The van der Waals surface area contributed by atoms with Gasteiger partial charge in [-0.1, -0.05) is 38.8 Å². The number of carbonyl (C=O) groups excluding carboxylic acids is 7. The molecule has 57 heavy (non-hydrogen) atoms. The quantitative estimate of drug-likeness (QED) is 0.0556. The fraction of sp³-hybridized carbons (Fsp3) is 0.683. The van der Waals surface area contributed by atoms with Crippen LogP contribution in [0.5, 0.6) is 0 Å². The third-order valence-electron chi connectivity index (χ3n) is 12.6. The molecule has 16 heteroatoms. The molecule has 1 aliphatic heterocycles. The highest BCUT2D eigenvalue weighted by molar-refractivity contribution is 6.13. The standard InChI is InChI=1S/C41H57N3O13/c1-4-5-36(52)57-41(15-11-29-28-7-6-26-22-27(45)10-14-39(26,2)38(28)30(46)23-40(29,41)3)31(47)25-56-37(53)24-43-33(49)13-18-54-20-21-55-19-16-42-32(48)12-17-44-34(50)8-9-35(44)51/h8-10,14,22,28-30,36,38,46,52H,4-7,11-13,15-21,23-25H2,1-3H3,(H,42,48)(H,43,49)/t28-,29-,30-,36+,38+,39-,40-,41-/m0/s1. The minimum absolute atomic E-state index is 0.00192. The van der Waals surface area contributed by atoms with Crippen LogP contribution in [0.25, 0.3) is 0 Å². The fourth-order valence-corrected chi connectivity index (χ4v) is 9.84. The van der Waals surface area contributed by atoms with E-state index in [2.05, 4.69) is 17.6 Å². The number of allylic oxidation sites excluding steroid dienone is 4. The summed E-state index contributed by atoms with van der Waals surface area (Å²) in [6.07, 6.45) is 8.91. The van der Waals surface area contributed by atoms with Crippen molar-refractivity contribution in [1.29, 1.82) is 0 Å². The average molecular weight is 800 g/mol. The van der Waals surface area contributed by atoms with Gasteiger partial charge < -0.3 is 39.8 Å². The molecule has 4 N–H and O–H groups in total. The molecule has 4 aliphatic carbocycles. The van der Waals surface area contributed by atoms with E-state index in [0.29, 0.717) is 32.1 Å². The van der Waals surface area contributed by atoms with E-state index in [-0.39, 0.29) is 88.2 Å². The van der Waals surface area contributed by atoms with Gasteiger partial charge in [-0.2, -0.15) is 0 Å². The van der Waals surface area contributed by atoms with E-state index in [1.807, 2.05) is 19.9 Å². The molecule has 0 aromatic rings. The van der Waals surface area contributed by atoms with Crippen LogP contribution in [0.3, 0.4) is 0 Å². The van der Waals surface area contributed by atoms with Crippen molar-refractivity contribution in [2.75, 3.05) is 52.7 Å². The van der Waals surface area contributed by atoms with Gasteiger partial charge in [0, 0.05) is 54.8 Å². The summed E-state index contributed by atoms with van der Waals surface area (Å²) >= 11 is 0. The van der Waals surface area contributed by atoms with E-state index in [9.17, 15) is 43.8 Å². The van der Waals surface area contributed by atoms with Crippen LogP contribution in [0.1, 0.15) is 78.6 Å². The molecule has 3 saturated carbocycles. The summed E-state index contributed by atoms with van der Waals surface area (Å²) in [6.45, 7) is 5.69. The van der Waals surface area contributed by atoms with E-state index in [4.69, 9.17) is 18.9 Å². The van der Waals surface area contributed by atoms with E-state index in [0.717, 1.165) is 29.0 Å². The summed E-state index contributed by atoms with van der Waals surface area (Å²) in [7, 11) is 0. The number of amides is 4. The van der Waals surface area contributed by atoms with Crippen LogP contribution < -0.4 is 10.6 Å². The number of fused-ring (bicyclic) bond motifs is 5. The molecule has 0 spiro atoms. The lowest BCUT2D eigenvalue weighted by molar-refractivity contribution is -0.242. The van der Waals surface area contributed by atoms with Gasteiger partial charge >= 0.3 is 5.97 Å². The molecule has 0 bridgehead atoms. The van der Waals surface area contributed by atoms with Gasteiger partial charge in [-0.25, -0.2) is 0 Å². The van der Waals surface area contributed by atoms with Crippen LogP contribution >= 0.6 is 0 Å².